The zero-order chi connectivity index (χ0) is 34.7. The summed E-state index contributed by atoms with van der Waals surface area (Å²) >= 11 is 1.76. The quantitative estimate of drug-likeness (QED) is 0.177. The van der Waals surface area contributed by atoms with Gasteiger partial charge in [-0.25, -0.2) is 19.6 Å². The van der Waals surface area contributed by atoms with Crippen LogP contribution in [0.2, 0.25) is 0 Å². The fourth-order valence-corrected chi connectivity index (χ4v) is 8.45. The van der Waals surface area contributed by atoms with E-state index in [9.17, 15) is 9.59 Å². The molecule has 2 N–H and O–H groups in total. The van der Waals surface area contributed by atoms with E-state index in [1.807, 2.05) is 65.8 Å². The number of nitrogens with one attached hydrogen (secondary N) is 2. The maximum atomic E-state index is 13.2. The van der Waals surface area contributed by atoms with Gasteiger partial charge in [-0.05, 0) is 85.3 Å². The van der Waals surface area contributed by atoms with Crippen LogP contribution in [0.4, 0.5) is 9.59 Å². The van der Waals surface area contributed by atoms with Crippen molar-refractivity contribution in [1.82, 2.24) is 29.7 Å². The average molecular weight is 683 g/mol. The van der Waals surface area contributed by atoms with Crippen LogP contribution in [-0.2, 0) is 16.0 Å². The van der Waals surface area contributed by atoms with Crippen molar-refractivity contribution in [3.05, 3.63) is 60.4 Å². The summed E-state index contributed by atoms with van der Waals surface area (Å²) in [6, 6.07) is 13.1. The van der Waals surface area contributed by atoms with Crippen LogP contribution in [0.25, 0.3) is 42.7 Å². The van der Waals surface area contributed by atoms with Crippen molar-refractivity contribution in [3.8, 4) is 22.5 Å². The summed E-state index contributed by atoms with van der Waals surface area (Å²) in [6.07, 6.45) is 7.08. The Morgan fingerprint density at radius 2 is 1.53 bits per heavy atom. The lowest BCUT2D eigenvalue weighted by molar-refractivity contribution is 0.00614. The van der Waals surface area contributed by atoms with E-state index in [1.165, 1.54) is 20.2 Å². The molecule has 11 heteroatoms. The van der Waals surface area contributed by atoms with Crippen LogP contribution in [0.15, 0.2) is 48.8 Å². The smallest absolute Gasteiger partial charge is 0.411 e. The second-order valence-corrected chi connectivity index (χ2v) is 16.5. The lowest BCUT2D eigenvalue weighted by atomic mass is 9.98. The molecule has 1 saturated heterocycles. The summed E-state index contributed by atoms with van der Waals surface area (Å²) in [5, 5.41) is 2.41. The number of rotatable bonds is 7. The van der Waals surface area contributed by atoms with Gasteiger partial charge in [0.05, 0.1) is 36.4 Å². The Labute approximate surface area is 291 Å². The molecule has 3 atom stereocenters. The molecular weight excluding hydrogens is 637 g/mol. The first kappa shape index (κ1) is 33.1. The Hall–Kier alpha value is -4.38. The van der Waals surface area contributed by atoms with Crippen LogP contribution in [0.1, 0.15) is 91.8 Å². The number of hydrogen-bond acceptors (Lipinski definition) is 7. The molecule has 2 amide bonds. The molecule has 0 unspecified atom stereocenters. The second-order valence-electron chi connectivity index (χ2n) is 15.4. The van der Waals surface area contributed by atoms with Crippen molar-refractivity contribution >= 4 is 43.7 Å². The Bertz CT molecular complexity index is 2010. The van der Waals surface area contributed by atoms with Crippen molar-refractivity contribution in [2.75, 3.05) is 6.54 Å². The molecule has 258 valence electrons. The summed E-state index contributed by atoms with van der Waals surface area (Å²) in [7, 11) is 0. The maximum absolute atomic E-state index is 13.2. The van der Waals surface area contributed by atoms with Crippen molar-refractivity contribution in [2.45, 2.75) is 104 Å². The first-order chi connectivity index (χ1) is 23.3. The van der Waals surface area contributed by atoms with Gasteiger partial charge in [-0.2, -0.15) is 0 Å². The third-order valence-corrected chi connectivity index (χ3v) is 10.4. The number of thiophene rings is 1. The highest BCUT2D eigenvalue weighted by Gasteiger charge is 2.51. The Morgan fingerprint density at radius 1 is 0.898 bits per heavy atom. The largest absolute Gasteiger partial charge is 0.444 e. The van der Waals surface area contributed by atoms with Crippen LogP contribution in [0, 0.1) is 5.92 Å². The standard InChI is InChI=1S/C38H46N6O4S/c1-8-15-43(35(45)47-37(2,3)4)21-32-39-19-28(41-32)22-10-13-26-27-14-11-23(18-31(27)49-30(26)17-22)29-20-40-34(42-29)33-24-9-12-25(16-24)44(33)36(46)48-38(5,6)7/h10-11,13-14,17-20,24-25,33H,8-9,12,15-16,21H2,1-7H3,(H,39,41)(H,40,42)/t24-,25+,33-/m0/s1. The van der Waals surface area contributed by atoms with Crippen LogP contribution < -0.4 is 0 Å². The van der Waals surface area contributed by atoms with Gasteiger partial charge in [0.25, 0.3) is 0 Å². The monoisotopic (exact) mass is 682 g/mol. The van der Waals surface area contributed by atoms with Crippen LogP contribution in [0.3, 0.4) is 0 Å². The normalized spacial score (nSPS) is 19.2. The van der Waals surface area contributed by atoms with Gasteiger partial charge in [0.2, 0.25) is 0 Å². The van der Waals surface area contributed by atoms with Crippen molar-refractivity contribution in [3.63, 3.8) is 0 Å². The molecule has 2 fully saturated rings. The summed E-state index contributed by atoms with van der Waals surface area (Å²) < 4.78 is 13.8. The molecule has 10 nitrogen and oxygen atoms in total. The van der Waals surface area contributed by atoms with Gasteiger partial charge in [0, 0.05) is 43.9 Å². The highest BCUT2D eigenvalue weighted by atomic mass is 32.1. The number of piperidine rings is 1. The number of carbonyl (C=O) groups excluding carboxylic acids is 2. The average Bonchev–Trinajstić information content (AvgIpc) is 3.86. The number of imidazole rings is 2. The van der Waals surface area contributed by atoms with Gasteiger partial charge in [-0.1, -0.05) is 31.2 Å². The molecule has 1 aliphatic heterocycles. The minimum absolute atomic E-state index is 0.0937. The molecule has 1 saturated carbocycles. The van der Waals surface area contributed by atoms with E-state index in [-0.39, 0.29) is 24.3 Å². The van der Waals surface area contributed by atoms with Crippen molar-refractivity contribution in [1.29, 1.82) is 0 Å². The lowest BCUT2D eigenvalue weighted by Crippen LogP contribution is -2.43. The van der Waals surface area contributed by atoms with E-state index in [0.29, 0.717) is 24.8 Å². The lowest BCUT2D eigenvalue weighted by Gasteiger charge is -2.35. The molecule has 0 spiro atoms. The summed E-state index contributed by atoms with van der Waals surface area (Å²) in [5.74, 6) is 1.94. The first-order valence-corrected chi connectivity index (χ1v) is 18.1. The van der Waals surface area contributed by atoms with Gasteiger partial charge >= 0.3 is 12.2 Å². The molecule has 5 aromatic rings. The van der Waals surface area contributed by atoms with Gasteiger partial charge in [-0.3, -0.25) is 4.90 Å². The maximum Gasteiger partial charge on any atom is 0.411 e. The Kier molecular flexibility index (Phi) is 8.45. The highest BCUT2D eigenvalue weighted by molar-refractivity contribution is 7.25. The SMILES string of the molecule is CCCN(Cc1ncc(-c2ccc3c(c2)sc2cc(-c4cnc([C@@H]5[C@H]6CC[C@H](C6)N5C(=O)OC(C)(C)C)[nH]4)ccc23)[nH]1)C(=O)OC(C)(C)C. The molecule has 1 aliphatic carbocycles. The molecule has 49 heavy (non-hydrogen) atoms. The summed E-state index contributed by atoms with van der Waals surface area (Å²) in [5.41, 5.74) is 2.84. The van der Waals surface area contributed by atoms with Crippen molar-refractivity contribution in [2.24, 2.45) is 5.92 Å². The van der Waals surface area contributed by atoms with Crippen molar-refractivity contribution < 1.29 is 19.1 Å². The third kappa shape index (κ3) is 6.77. The summed E-state index contributed by atoms with van der Waals surface area (Å²) in [6.45, 7) is 14.3. The van der Waals surface area contributed by atoms with E-state index < -0.39 is 11.2 Å². The zero-order valence-corrected chi connectivity index (χ0v) is 30.2. The number of fused-ring (bicyclic) bond motifs is 5. The van der Waals surface area contributed by atoms with E-state index in [1.54, 1.807) is 16.2 Å². The van der Waals surface area contributed by atoms with Gasteiger partial charge in [0.1, 0.15) is 22.9 Å². The number of aromatic nitrogens is 4. The van der Waals surface area contributed by atoms with E-state index in [4.69, 9.17) is 14.5 Å². The number of ether oxygens (including phenoxy) is 2. The molecule has 0 radical (unpaired) electrons. The first-order valence-electron chi connectivity index (χ1n) is 17.3. The van der Waals surface area contributed by atoms with E-state index in [0.717, 1.165) is 54.0 Å². The molecule has 2 bridgehead atoms. The topological polar surface area (TPSA) is 116 Å². The Morgan fingerprint density at radius 3 is 2.16 bits per heavy atom. The fourth-order valence-electron chi connectivity index (χ4n) is 7.26. The van der Waals surface area contributed by atoms with Gasteiger partial charge in [0.15, 0.2) is 0 Å². The number of benzene rings is 2. The summed E-state index contributed by atoms with van der Waals surface area (Å²) in [4.78, 5) is 46.0. The number of aromatic amines is 2. The minimum atomic E-state index is -0.556. The highest BCUT2D eigenvalue weighted by Crippen LogP contribution is 2.50. The fraction of sp³-hybridized carbons (Fsp3) is 0.474. The molecule has 2 aliphatic rings. The minimum Gasteiger partial charge on any atom is -0.444 e. The van der Waals surface area contributed by atoms with Gasteiger partial charge < -0.3 is 24.3 Å². The third-order valence-electron chi connectivity index (χ3n) is 9.27. The Balaban J connectivity index is 1.11. The number of nitrogens with zero attached hydrogens (tertiary/aromatic N) is 4. The van der Waals surface area contributed by atoms with Crippen LogP contribution in [0.5, 0.6) is 0 Å². The number of amides is 2. The molecule has 7 rings (SSSR count). The molecular formula is C38H46N6O4S. The van der Waals surface area contributed by atoms with Crippen LogP contribution >= 0.6 is 11.3 Å². The molecule has 4 heterocycles. The van der Waals surface area contributed by atoms with E-state index in [2.05, 4.69) is 51.4 Å². The number of H-pyrrole nitrogens is 2. The molecule has 2 aromatic carbocycles. The number of hydrogen-bond donors (Lipinski definition) is 2. The van der Waals surface area contributed by atoms with E-state index >= 15 is 0 Å². The number of likely N-dealkylation sites (tertiary alicyclic amines) is 1. The number of carbonyl (C=O) groups is 2. The zero-order valence-electron chi connectivity index (χ0n) is 29.4. The molecule has 3 aromatic heterocycles. The van der Waals surface area contributed by atoms with Crippen LogP contribution in [-0.4, -0.2) is 65.7 Å². The predicted octanol–water partition coefficient (Wildman–Crippen LogP) is 9.44. The predicted molar refractivity (Wildman–Crippen MR) is 193 cm³/mol. The second kappa shape index (κ2) is 12.5. The van der Waals surface area contributed by atoms with Gasteiger partial charge in [-0.15, -0.1) is 11.3 Å².